The number of rotatable bonds is 7. The van der Waals surface area contributed by atoms with Crippen LogP contribution in [0.15, 0.2) is 0 Å². The summed E-state index contributed by atoms with van der Waals surface area (Å²) in [4.78, 5) is 2.53. The van der Waals surface area contributed by atoms with Crippen LogP contribution in [-0.2, 0) is 4.74 Å². The summed E-state index contributed by atoms with van der Waals surface area (Å²) in [6.45, 7) is 10.1. The highest BCUT2D eigenvalue weighted by molar-refractivity contribution is 4.61. The molecule has 0 saturated carbocycles. The maximum atomic E-state index is 5.33. The highest BCUT2D eigenvalue weighted by atomic mass is 16.5. The van der Waals surface area contributed by atoms with E-state index < -0.39 is 0 Å². The lowest BCUT2D eigenvalue weighted by molar-refractivity contribution is 0.0371. The van der Waals surface area contributed by atoms with Gasteiger partial charge >= 0.3 is 0 Å². The van der Waals surface area contributed by atoms with Crippen molar-refractivity contribution in [3.05, 3.63) is 0 Å². The molecule has 0 N–H and O–H groups in total. The van der Waals surface area contributed by atoms with Crippen LogP contribution in [0.3, 0.4) is 0 Å². The molecule has 0 aromatic carbocycles. The van der Waals surface area contributed by atoms with Gasteiger partial charge in [-0.3, -0.25) is 4.90 Å². The summed E-state index contributed by atoms with van der Waals surface area (Å²) in [7, 11) is 0. The number of nitrogens with zero attached hydrogens (tertiary/aromatic N) is 1. The molecular weight excluding hydrogens is 186 g/mol. The van der Waals surface area contributed by atoms with Gasteiger partial charge in [-0.15, -0.1) is 0 Å². The molecule has 0 atom stereocenters. The van der Waals surface area contributed by atoms with Crippen LogP contribution in [-0.4, -0.2) is 37.7 Å². The molecular formula is C13H27NO. The first-order chi connectivity index (χ1) is 7.29. The van der Waals surface area contributed by atoms with Crippen molar-refractivity contribution in [1.82, 2.24) is 4.90 Å². The van der Waals surface area contributed by atoms with Crippen LogP contribution in [0.4, 0.5) is 0 Å². The van der Waals surface area contributed by atoms with Crippen molar-refractivity contribution >= 4 is 0 Å². The SMILES string of the molecule is CC(C)CCCCCCN1CCOCC1. The van der Waals surface area contributed by atoms with Crippen LogP contribution in [0.1, 0.15) is 46.0 Å². The molecule has 0 bridgehead atoms. The molecule has 0 aromatic rings. The minimum Gasteiger partial charge on any atom is -0.379 e. The number of ether oxygens (including phenoxy) is 1. The van der Waals surface area contributed by atoms with E-state index in [2.05, 4.69) is 18.7 Å². The molecule has 1 heterocycles. The molecule has 1 aliphatic heterocycles. The Morgan fingerprint density at radius 1 is 1.00 bits per heavy atom. The van der Waals surface area contributed by atoms with Gasteiger partial charge in [0, 0.05) is 13.1 Å². The number of hydrogen-bond donors (Lipinski definition) is 0. The molecule has 0 aliphatic carbocycles. The van der Waals surface area contributed by atoms with Gasteiger partial charge in [0.05, 0.1) is 13.2 Å². The first kappa shape index (κ1) is 13.0. The van der Waals surface area contributed by atoms with E-state index in [0.29, 0.717) is 0 Å². The zero-order chi connectivity index (χ0) is 10.9. The highest BCUT2D eigenvalue weighted by Gasteiger charge is 2.08. The average molecular weight is 213 g/mol. The Hall–Kier alpha value is -0.0800. The third-order valence-corrected chi connectivity index (χ3v) is 3.11. The first-order valence-corrected chi connectivity index (χ1v) is 6.59. The molecule has 1 saturated heterocycles. The molecule has 15 heavy (non-hydrogen) atoms. The predicted octanol–water partition coefficient (Wildman–Crippen LogP) is 2.93. The quantitative estimate of drug-likeness (QED) is 0.603. The van der Waals surface area contributed by atoms with Crippen molar-refractivity contribution in [2.24, 2.45) is 5.92 Å². The van der Waals surface area contributed by atoms with E-state index in [-0.39, 0.29) is 0 Å². The third kappa shape index (κ3) is 6.91. The smallest absolute Gasteiger partial charge is 0.0594 e. The Bertz CT molecular complexity index is 141. The molecule has 0 aromatic heterocycles. The predicted molar refractivity (Wildman–Crippen MR) is 65.2 cm³/mol. The second-order valence-electron chi connectivity index (χ2n) is 5.05. The molecule has 0 amide bonds. The number of morpholine rings is 1. The van der Waals surface area contributed by atoms with Crippen molar-refractivity contribution in [3.63, 3.8) is 0 Å². The molecule has 1 fully saturated rings. The zero-order valence-electron chi connectivity index (χ0n) is 10.5. The average Bonchev–Trinajstić information content (AvgIpc) is 2.24. The lowest BCUT2D eigenvalue weighted by Crippen LogP contribution is -2.36. The van der Waals surface area contributed by atoms with Crippen LogP contribution < -0.4 is 0 Å². The Morgan fingerprint density at radius 2 is 1.67 bits per heavy atom. The van der Waals surface area contributed by atoms with Crippen molar-refractivity contribution in [2.45, 2.75) is 46.0 Å². The summed E-state index contributed by atoms with van der Waals surface area (Å²) in [6, 6.07) is 0. The van der Waals surface area contributed by atoms with E-state index in [1.807, 2.05) is 0 Å². The lowest BCUT2D eigenvalue weighted by Gasteiger charge is -2.26. The van der Waals surface area contributed by atoms with Crippen LogP contribution in [0.25, 0.3) is 0 Å². The van der Waals surface area contributed by atoms with Crippen LogP contribution in [0.5, 0.6) is 0 Å². The summed E-state index contributed by atoms with van der Waals surface area (Å²) in [5, 5.41) is 0. The standard InChI is InChI=1S/C13H27NO/c1-13(2)7-5-3-4-6-8-14-9-11-15-12-10-14/h13H,3-12H2,1-2H3. The maximum Gasteiger partial charge on any atom is 0.0594 e. The van der Waals surface area contributed by atoms with Gasteiger partial charge in [-0.1, -0.05) is 39.5 Å². The van der Waals surface area contributed by atoms with E-state index >= 15 is 0 Å². The fraction of sp³-hybridized carbons (Fsp3) is 1.00. The van der Waals surface area contributed by atoms with E-state index in [1.54, 1.807) is 0 Å². The molecule has 1 rings (SSSR count). The van der Waals surface area contributed by atoms with Crippen molar-refractivity contribution < 1.29 is 4.74 Å². The van der Waals surface area contributed by atoms with Crippen molar-refractivity contribution in [2.75, 3.05) is 32.8 Å². The highest BCUT2D eigenvalue weighted by Crippen LogP contribution is 2.10. The molecule has 0 unspecified atom stereocenters. The summed E-state index contributed by atoms with van der Waals surface area (Å²) in [5.41, 5.74) is 0. The Labute approximate surface area is 95.0 Å². The van der Waals surface area contributed by atoms with Crippen LogP contribution in [0.2, 0.25) is 0 Å². The van der Waals surface area contributed by atoms with Crippen LogP contribution >= 0.6 is 0 Å². The van der Waals surface area contributed by atoms with Crippen molar-refractivity contribution in [1.29, 1.82) is 0 Å². The minimum absolute atomic E-state index is 0.879. The Kier molecular flexibility index (Phi) is 7.03. The van der Waals surface area contributed by atoms with Gasteiger partial charge in [0.25, 0.3) is 0 Å². The first-order valence-electron chi connectivity index (χ1n) is 6.59. The second-order valence-corrected chi connectivity index (χ2v) is 5.05. The minimum atomic E-state index is 0.879. The summed E-state index contributed by atoms with van der Waals surface area (Å²) in [6.07, 6.45) is 7.02. The van der Waals surface area contributed by atoms with Gasteiger partial charge in [-0.05, 0) is 18.9 Å². The van der Waals surface area contributed by atoms with Crippen LogP contribution in [0, 0.1) is 5.92 Å². The largest absolute Gasteiger partial charge is 0.379 e. The summed E-state index contributed by atoms with van der Waals surface area (Å²) < 4.78 is 5.33. The summed E-state index contributed by atoms with van der Waals surface area (Å²) >= 11 is 0. The van der Waals surface area contributed by atoms with E-state index in [4.69, 9.17) is 4.74 Å². The van der Waals surface area contributed by atoms with E-state index in [0.717, 1.165) is 32.2 Å². The molecule has 2 nitrogen and oxygen atoms in total. The Morgan fingerprint density at radius 3 is 2.33 bits per heavy atom. The molecule has 90 valence electrons. The van der Waals surface area contributed by atoms with Gasteiger partial charge in [0.2, 0.25) is 0 Å². The van der Waals surface area contributed by atoms with E-state index in [9.17, 15) is 0 Å². The number of unbranched alkanes of at least 4 members (excludes halogenated alkanes) is 3. The Balaban J connectivity index is 1.83. The van der Waals surface area contributed by atoms with Crippen molar-refractivity contribution in [3.8, 4) is 0 Å². The van der Waals surface area contributed by atoms with Gasteiger partial charge in [-0.25, -0.2) is 0 Å². The van der Waals surface area contributed by atoms with E-state index in [1.165, 1.54) is 38.6 Å². The molecule has 0 radical (unpaired) electrons. The number of hydrogen-bond acceptors (Lipinski definition) is 2. The summed E-state index contributed by atoms with van der Waals surface area (Å²) in [5.74, 6) is 0.879. The zero-order valence-corrected chi connectivity index (χ0v) is 10.5. The second kappa shape index (κ2) is 8.12. The lowest BCUT2D eigenvalue weighted by atomic mass is 10.0. The topological polar surface area (TPSA) is 12.5 Å². The maximum absolute atomic E-state index is 5.33. The van der Waals surface area contributed by atoms with Gasteiger partial charge < -0.3 is 4.74 Å². The normalized spacial score (nSPS) is 18.6. The fourth-order valence-corrected chi connectivity index (χ4v) is 2.07. The monoisotopic (exact) mass is 213 g/mol. The fourth-order valence-electron chi connectivity index (χ4n) is 2.07. The third-order valence-electron chi connectivity index (χ3n) is 3.11. The van der Waals surface area contributed by atoms with Gasteiger partial charge in [-0.2, -0.15) is 0 Å². The van der Waals surface area contributed by atoms with Gasteiger partial charge in [0.1, 0.15) is 0 Å². The molecule has 2 heteroatoms. The molecule has 1 aliphatic rings. The molecule has 0 spiro atoms. The van der Waals surface area contributed by atoms with Gasteiger partial charge in [0.15, 0.2) is 0 Å².